The van der Waals surface area contributed by atoms with E-state index in [-0.39, 0.29) is 12.0 Å². The summed E-state index contributed by atoms with van der Waals surface area (Å²) < 4.78 is 0. The van der Waals surface area contributed by atoms with Gasteiger partial charge >= 0.3 is 0 Å². The number of rotatable bonds is 0. The molecule has 2 rings (SSSR count). The van der Waals surface area contributed by atoms with E-state index in [0.717, 1.165) is 12.8 Å². The summed E-state index contributed by atoms with van der Waals surface area (Å²) in [6, 6.07) is 0. The van der Waals surface area contributed by atoms with Gasteiger partial charge in [0.15, 0.2) is 0 Å². The van der Waals surface area contributed by atoms with Gasteiger partial charge in [-0.3, -0.25) is 0 Å². The highest BCUT2D eigenvalue weighted by molar-refractivity contribution is 5.10. The summed E-state index contributed by atoms with van der Waals surface area (Å²) in [5.41, 5.74) is 0. The lowest BCUT2D eigenvalue weighted by molar-refractivity contribution is 0.0969. The fourth-order valence-corrected chi connectivity index (χ4v) is 2.75. The smallest absolute Gasteiger partial charge is 0.0677 e. The molecule has 0 amide bonds. The summed E-state index contributed by atoms with van der Waals surface area (Å²) in [5.74, 6) is 7.66. The Labute approximate surface area is 93.3 Å². The highest BCUT2D eigenvalue weighted by atomic mass is 16.3. The van der Waals surface area contributed by atoms with Crippen LogP contribution in [0.2, 0.25) is 0 Å². The second-order valence-electron chi connectivity index (χ2n) is 5.08. The molecule has 2 unspecified atom stereocenters. The zero-order valence-corrected chi connectivity index (χ0v) is 9.54. The van der Waals surface area contributed by atoms with Crippen molar-refractivity contribution in [3.63, 3.8) is 0 Å². The van der Waals surface area contributed by atoms with Crippen LogP contribution in [0.5, 0.6) is 0 Å². The van der Waals surface area contributed by atoms with Gasteiger partial charge in [0.1, 0.15) is 0 Å². The molecule has 2 atom stereocenters. The third kappa shape index (κ3) is 3.24. The Morgan fingerprint density at radius 1 is 0.733 bits per heavy atom. The van der Waals surface area contributed by atoms with Gasteiger partial charge in [-0.15, -0.1) is 0 Å². The van der Waals surface area contributed by atoms with E-state index >= 15 is 0 Å². The highest BCUT2D eigenvalue weighted by Gasteiger charge is 2.21. The third-order valence-corrected chi connectivity index (χ3v) is 3.81. The van der Waals surface area contributed by atoms with Gasteiger partial charge in [0.05, 0.1) is 6.10 Å². The lowest BCUT2D eigenvalue weighted by atomic mass is 9.85. The summed E-state index contributed by atoms with van der Waals surface area (Å²) in [7, 11) is 0. The van der Waals surface area contributed by atoms with Crippen molar-refractivity contribution in [3.8, 4) is 11.8 Å². The zero-order valence-electron chi connectivity index (χ0n) is 9.54. The summed E-state index contributed by atoms with van der Waals surface area (Å²) in [4.78, 5) is 0. The predicted octanol–water partition coefficient (Wildman–Crippen LogP) is 3.12. The molecule has 2 saturated carbocycles. The zero-order chi connectivity index (χ0) is 10.5. The van der Waals surface area contributed by atoms with E-state index in [0.29, 0.717) is 5.92 Å². The van der Waals surface area contributed by atoms with Crippen molar-refractivity contribution in [1.29, 1.82) is 0 Å². The van der Waals surface area contributed by atoms with Crippen molar-refractivity contribution in [2.24, 2.45) is 11.8 Å². The van der Waals surface area contributed by atoms with Crippen molar-refractivity contribution in [3.05, 3.63) is 0 Å². The van der Waals surface area contributed by atoms with Gasteiger partial charge in [-0.25, -0.2) is 0 Å². The summed E-state index contributed by atoms with van der Waals surface area (Å²) in [5, 5.41) is 9.80. The first-order valence-corrected chi connectivity index (χ1v) is 6.55. The molecule has 2 fully saturated rings. The predicted molar refractivity (Wildman–Crippen MR) is 62.3 cm³/mol. The maximum Gasteiger partial charge on any atom is 0.0677 e. The van der Waals surface area contributed by atoms with Crippen LogP contribution in [0.1, 0.15) is 57.8 Å². The highest BCUT2D eigenvalue weighted by Crippen LogP contribution is 2.26. The molecule has 0 heterocycles. The fraction of sp³-hybridized carbons (Fsp3) is 0.857. The lowest BCUT2D eigenvalue weighted by Crippen LogP contribution is -2.23. The van der Waals surface area contributed by atoms with Crippen molar-refractivity contribution in [2.75, 3.05) is 0 Å². The van der Waals surface area contributed by atoms with Crippen LogP contribution in [0.4, 0.5) is 0 Å². The molecule has 1 N–H and O–H groups in total. The number of hydrogen-bond donors (Lipinski definition) is 1. The van der Waals surface area contributed by atoms with E-state index in [1.165, 1.54) is 44.9 Å². The minimum atomic E-state index is -0.144. The Bertz CT molecular complexity index is 242. The Hall–Kier alpha value is -0.480. The second kappa shape index (κ2) is 5.56. The number of hydrogen-bond acceptors (Lipinski definition) is 1. The molecule has 0 radical (unpaired) electrons. The van der Waals surface area contributed by atoms with Crippen LogP contribution in [-0.4, -0.2) is 11.2 Å². The number of aliphatic hydroxyl groups excluding tert-OH is 1. The quantitative estimate of drug-likeness (QED) is 0.604. The van der Waals surface area contributed by atoms with Crippen molar-refractivity contribution in [2.45, 2.75) is 63.9 Å². The van der Waals surface area contributed by atoms with Crippen LogP contribution < -0.4 is 0 Å². The van der Waals surface area contributed by atoms with E-state index in [4.69, 9.17) is 0 Å². The van der Waals surface area contributed by atoms with Crippen LogP contribution in [-0.2, 0) is 0 Å². The molecule has 0 aliphatic heterocycles. The van der Waals surface area contributed by atoms with E-state index < -0.39 is 0 Å². The summed E-state index contributed by atoms with van der Waals surface area (Å²) >= 11 is 0. The molecule has 0 aromatic heterocycles. The van der Waals surface area contributed by atoms with Crippen molar-refractivity contribution >= 4 is 0 Å². The second-order valence-corrected chi connectivity index (χ2v) is 5.08. The molecule has 1 heteroatoms. The van der Waals surface area contributed by atoms with Crippen LogP contribution in [0.25, 0.3) is 0 Å². The standard InChI is InChI=1S/C14H22O/c15-14-9-5-4-8-13(14)11-10-12-6-2-1-3-7-12/h12-15H,1-9H2. The molecule has 15 heavy (non-hydrogen) atoms. The van der Waals surface area contributed by atoms with Gasteiger partial charge in [-0.05, 0) is 25.7 Å². The van der Waals surface area contributed by atoms with Gasteiger partial charge < -0.3 is 5.11 Å². The van der Waals surface area contributed by atoms with Crippen LogP contribution in [0.3, 0.4) is 0 Å². The van der Waals surface area contributed by atoms with Crippen LogP contribution >= 0.6 is 0 Å². The van der Waals surface area contributed by atoms with Gasteiger partial charge in [0.2, 0.25) is 0 Å². The molecule has 0 spiro atoms. The Morgan fingerprint density at radius 2 is 1.40 bits per heavy atom. The normalized spacial score (nSPS) is 33.1. The van der Waals surface area contributed by atoms with E-state index in [1.54, 1.807) is 0 Å². The van der Waals surface area contributed by atoms with Gasteiger partial charge in [-0.2, -0.15) is 0 Å². The van der Waals surface area contributed by atoms with Gasteiger partial charge in [-0.1, -0.05) is 43.9 Å². The Morgan fingerprint density at radius 3 is 2.13 bits per heavy atom. The summed E-state index contributed by atoms with van der Waals surface area (Å²) in [6.45, 7) is 0. The van der Waals surface area contributed by atoms with Crippen molar-refractivity contribution < 1.29 is 5.11 Å². The Balaban J connectivity index is 1.85. The monoisotopic (exact) mass is 206 g/mol. The molecule has 2 aliphatic rings. The minimum Gasteiger partial charge on any atom is -0.392 e. The van der Waals surface area contributed by atoms with Crippen molar-refractivity contribution in [1.82, 2.24) is 0 Å². The number of aliphatic hydroxyl groups is 1. The van der Waals surface area contributed by atoms with E-state index in [1.807, 2.05) is 0 Å². The molecule has 0 saturated heterocycles. The first-order valence-electron chi connectivity index (χ1n) is 6.55. The van der Waals surface area contributed by atoms with E-state index in [2.05, 4.69) is 11.8 Å². The molecule has 0 bridgehead atoms. The fourth-order valence-electron chi connectivity index (χ4n) is 2.75. The van der Waals surface area contributed by atoms with E-state index in [9.17, 15) is 5.11 Å². The Kier molecular flexibility index (Phi) is 4.09. The first kappa shape index (κ1) is 11.0. The topological polar surface area (TPSA) is 20.2 Å². The average Bonchev–Trinajstić information content (AvgIpc) is 2.29. The van der Waals surface area contributed by atoms with Gasteiger partial charge in [0, 0.05) is 11.8 Å². The largest absolute Gasteiger partial charge is 0.392 e. The first-order chi connectivity index (χ1) is 7.36. The SMILES string of the molecule is OC1CCCCC1C#CC1CCCCC1. The molecule has 84 valence electrons. The lowest BCUT2D eigenvalue weighted by Gasteiger charge is -2.23. The summed E-state index contributed by atoms with van der Waals surface area (Å²) in [6.07, 6.45) is 11.0. The molecule has 0 aromatic carbocycles. The van der Waals surface area contributed by atoms with Gasteiger partial charge in [0.25, 0.3) is 0 Å². The maximum absolute atomic E-state index is 9.80. The molecular formula is C14H22O. The average molecular weight is 206 g/mol. The maximum atomic E-state index is 9.80. The minimum absolute atomic E-state index is 0.144. The molecular weight excluding hydrogens is 184 g/mol. The van der Waals surface area contributed by atoms with Crippen LogP contribution in [0.15, 0.2) is 0 Å². The molecule has 2 aliphatic carbocycles. The van der Waals surface area contributed by atoms with Crippen LogP contribution in [0, 0.1) is 23.7 Å². The molecule has 0 aromatic rings. The third-order valence-electron chi connectivity index (χ3n) is 3.81. The molecule has 1 nitrogen and oxygen atoms in total.